The second-order valence-corrected chi connectivity index (χ2v) is 4.95. The van der Waals surface area contributed by atoms with Crippen LogP contribution in [-0.4, -0.2) is 19.4 Å². The molecule has 5 heteroatoms. The third kappa shape index (κ3) is 5.21. The molecule has 0 saturated carbocycles. The Morgan fingerprint density at radius 1 is 1.00 bits per heavy atom. The molecule has 0 heterocycles. The van der Waals surface area contributed by atoms with Gasteiger partial charge in [-0.1, -0.05) is 42.5 Å². The predicted octanol–water partition coefficient (Wildman–Crippen LogP) is 3.48. The quantitative estimate of drug-likeness (QED) is 0.769. The van der Waals surface area contributed by atoms with Crippen LogP contribution in [0, 0.1) is 0 Å². The monoisotopic (exact) mass is 314 g/mol. The Morgan fingerprint density at radius 2 is 1.61 bits per heavy atom. The molecule has 5 nitrogen and oxygen atoms in total. The lowest BCUT2D eigenvalue weighted by atomic mass is 10.1. The maximum absolute atomic E-state index is 11.9. The average molecular weight is 314 g/mol. The van der Waals surface area contributed by atoms with E-state index in [9.17, 15) is 4.79 Å². The van der Waals surface area contributed by atoms with Gasteiger partial charge in [0, 0.05) is 0 Å². The lowest BCUT2D eigenvalue weighted by Crippen LogP contribution is -2.38. The van der Waals surface area contributed by atoms with Crippen LogP contribution in [0.3, 0.4) is 0 Å². The average Bonchev–Trinajstić information content (AvgIpc) is 2.57. The van der Waals surface area contributed by atoms with Gasteiger partial charge in [0.05, 0.1) is 12.6 Å². The van der Waals surface area contributed by atoms with Gasteiger partial charge in [0.1, 0.15) is 0 Å². The van der Waals surface area contributed by atoms with Crippen molar-refractivity contribution in [1.29, 1.82) is 0 Å². The van der Waals surface area contributed by atoms with E-state index in [0.29, 0.717) is 18.1 Å². The minimum absolute atomic E-state index is 0.0669. The van der Waals surface area contributed by atoms with E-state index in [1.165, 1.54) is 0 Å². The zero-order chi connectivity index (χ0) is 16.5. The maximum Gasteiger partial charge on any atom is 0.317 e. The van der Waals surface area contributed by atoms with Crippen LogP contribution in [0.15, 0.2) is 54.6 Å². The number of carbonyl (C=O) groups excluding carboxylic acids is 1. The molecule has 0 aliphatic heterocycles. The summed E-state index contributed by atoms with van der Waals surface area (Å²) in [5, 5.41) is 5.53. The Kier molecular flexibility index (Phi) is 6.29. The van der Waals surface area contributed by atoms with E-state index in [1.807, 2.05) is 62.4 Å². The Bertz CT molecular complexity index is 617. The Labute approximate surface area is 136 Å². The Morgan fingerprint density at radius 3 is 2.26 bits per heavy atom. The Hall–Kier alpha value is -2.69. The van der Waals surface area contributed by atoms with Crippen LogP contribution in [0.1, 0.15) is 25.5 Å². The van der Waals surface area contributed by atoms with Crippen LogP contribution in [0.5, 0.6) is 11.5 Å². The number of benzene rings is 2. The fourth-order valence-corrected chi connectivity index (χ4v) is 2.10. The Balaban J connectivity index is 1.79. The number of para-hydroxylation sites is 2. The molecule has 0 aliphatic carbocycles. The van der Waals surface area contributed by atoms with Crippen molar-refractivity contribution in [3.63, 3.8) is 0 Å². The molecule has 0 aromatic heterocycles. The zero-order valence-electron chi connectivity index (χ0n) is 13.4. The number of hydrogen-bond donors (Lipinski definition) is 2. The van der Waals surface area contributed by atoms with Gasteiger partial charge in [0.2, 0.25) is 0 Å². The first-order chi connectivity index (χ1) is 11.2. The van der Waals surface area contributed by atoms with Crippen molar-refractivity contribution in [2.24, 2.45) is 0 Å². The molecule has 1 atom stereocenters. The summed E-state index contributed by atoms with van der Waals surface area (Å²) in [6, 6.07) is 16.8. The molecule has 1 unspecified atom stereocenters. The summed E-state index contributed by atoms with van der Waals surface area (Å²) in [6.45, 7) is 4.47. The van der Waals surface area contributed by atoms with Crippen molar-refractivity contribution in [1.82, 2.24) is 10.6 Å². The van der Waals surface area contributed by atoms with Crippen LogP contribution < -0.4 is 20.1 Å². The first-order valence-corrected chi connectivity index (χ1v) is 7.64. The second-order valence-electron chi connectivity index (χ2n) is 4.95. The number of hydrogen-bond acceptors (Lipinski definition) is 3. The van der Waals surface area contributed by atoms with Gasteiger partial charge in [-0.3, -0.25) is 0 Å². The van der Waals surface area contributed by atoms with Crippen LogP contribution in [0.2, 0.25) is 0 Å². The van der Waals surface area contributed by atoms with Crippen LogP contribution in [0.25, 0.3) is 0 Å². The number of ether oxygens (including phenoxy) is 2. The number of carbonyl (C=O) groups is 1. The number of urea groups is 1. The molecule has 2 rings (SSSR count). The van der Waals surface area contributed by atoms with Crippen molar-refractivity contribution in [3.05, 3.63) is 60.2 Å². The van der Waals surface area contributed by atoms with E-state index in [-0.39, 0.29) is 18.8 Å². The molecule has 0 spiro atoms. The SMILES string of the molecule is CCOc1ccccc1OCNC(=O)NC(C)c1ccccc1. The van der Waals surface area contributed by atoms with Gasteiger partial charge in [-0.15, -0.1) is 0 Å². The summed E-state index contributed by atoms with van der Waals surface area (Å²) in [4.78, 5) is 11.9. The standard InChI is InChI=1S/C18H22N2O3/c1-3-22-16-11-7-8-12-17(16)23-13-19-18(21)20-14(2)15-9-5-4-6-10-15/h4-12,14H,3,13H2,1-2H3,(H2,19,20,21). The van der Waals surface area contributed by atoms with Gasteiger partial charge in [0.15, 0.2) is 18.2 Å². The number of amides is 2. The third-order valence-electron chi connectivity index (χ3n) is 3.26. The molecule has 23 heavy (non-hydrogen) atoms. The molecule has 0 saturated heterocycles. The predicted molar refractivity (Wildman–Crippen MR) is 89.6 cm³/mol. The highest BCUT2D eigenvalue weighted by Gasteiger charge is 2.09. The molecule has 122 valence electrons. The van der Waals surface area contributed by atoms with E-state index in [2.05, 4.69) is 10.6 Å². The third-order valence-corrected chi connectivity index (χ3v) is 3.26. The molecule has 0 radical (unpaired) electrons. The van der Waals surface area contributed by atoms with E-state index < -0.39 is 0 Å². The minimum Gasteiger partial charge on any atom is -0.490 e. The number of rotatable bonds is 7. The van der Waals surface area contributed by atoms with E-state index in [1.54, 1.807) is 6.07 Å². The number of nitrogens with one attached hydrogen (secondary N) is 2. The summed E-state index contributed by atoms with van der Waals surface area (Å²) < 4.78 is 11.0. The van der Waals surface area contributed by atoms with Gasteiger partial charge in [-0.05, 0) is 31.5 Å². The summed E-state index contributed by atoms with van der Waals surface area (Å²) >= 11 is 0. The minimum atomic E-state index is -0.282. The lowest BCUT2D eigenvalue weighted by Gasteiger charge is -2.16. The fourth-order valence-electron chi connectivity index (χ4n) is 2.10. The van der Waals surface area contributed by atoms with E-state index in [0.717, 1.165) is 5.56 Å². The molecule has 0 bridgehead atoms. The smallest absolute Gasteiger partial charge is 0.317 e. The highest BCUT2D eigenvalue weighted by atomic mass is 16.5. The molecular formula is C18H22N2O3. The maximum atomic E-state index is 11.9. The van der Waals surface area contributed by atoms with Gasteiger partial charge < -0.3 is 20.1 Å². The lowest BCUT2D eigenvalue weighted by molar-refractivity contribution is 0.217. The molecule has 2 aromatic carbocycles. The topological polar surface area (TPSA) is 59.6 Å². The normalized spacial score (nSPS) is 11.4. The van der Waals surface area contributed by atoms with Crippen molar-refractivity contribution >= 4 is 6.03 Å². The molecular weight excluding hydrogens is 292 g/mol. The van der Waals surface area contributed by atoms with Crippen LogP contribution in [0.4, 0.5) is 4.79 Å². The van der Waals surface area contributed by atoms with Crippen molar-refractivity contribution in [2.75, 3.05) is 13.3 Å². The van der Waals surface area contributed by atoms with Crippen LogP contribution in [-0.2, 0) is 0 Å². The van der Waals surface area contributed by atoms with Crippen molar-refractivity contribution in [2.45, 2.75) is 19.9 Å². The summed E-state index contributed by atoms with van der Waals surface area (Å²) in [5.74, 6) is 1.26. The summed E-state index contributed by atoms with van der Waals surface area (Å²) in [7, 11) is 0. The fraction of sp³-hybridized carbons (Fsp3) is 0.278. The van der Waals surface area contributed by atoms with Crippen LogP contribution >= 0.6 is 0 Å². The molecule has 2 amide bonds. The molecule has 0 fully saturated rings. The first-order valence-electron chi connectivity index (χ1n) is 7.64. The van der Waals surface area contributed by atoms with E-state index in [4.69, 9.17) is 9.47 Å². The highest BCUT2D eigenvalue weighted by molar-refractivity contribution is 5.74. The van der Waals surface area contributed by atoms with Crippen molar-refractivity contribution in [3.8, 4) is 11.5 Å². The second kappa shape index (κ2) is 8.68. The van der Waals surface area contributed by atoms with E-state index >= 15 is 0 Å². The first kappa shape index (κ1) is 16.7. The zero-order valence-corrected chi connectivity index (χ0v) is 13.4. The van der Waals surface area contributed by atoms with Gasteiger partial charge in [0.25, 0.3) is 0 Å². The summed E-state index contributed by atoms with van der Waals surface area (Å²) in [5.41, 5.74) is 1.05. The van der Waals surface area contributed by atoms with Gasteiger partial charge in [-0.2, -0.15) is 0 Å². The molecule has 2 aromatic rings. The molecule has 2 N–H and O–H groups in total. The molecule has 0 aliphatic rings. The largest absolute Gasteiger partial charge is 0.490 e. The van der Waals surface area contributed by atoms with Crippen molar-refractivity contribution < 1.29 is 14.3 Å². The highest BCUT2D eigenvalue weighted by Crippen LogP contribution is 2.25. The van der Waals surface area contributed by atoms with Gasteiger partial charge in [-0.25, -0.2) is 4.79 Å². The van der Waals surface area contributed by atoms with Gasteiger partial charge >= 0.3 is 6.03 Å². The summed E-state index contributed by atoms with van der Waals surface area (Å²) in [6.07, 6.45) is 0.